The molecular weight excluding hydrogens is 222 g/mol. The average molecular weight is 238 g/mol. The fraction of sp³-hybridized carbons (Fsp3) is 0.385. The first-order chi connectivity index (χ1) is 7.85. The van der Waals surface area contributed by atoms with Crippen molar-refractivity contribution in [3.05, 3.63) is 30.0 Å². The van der Waals surface area contributed by atoms with Crippen molar-refractivity contribution in [1.29, 1.82) is 0 Å². The molecule has 0 saturated carbocycles. The van der Waals surface area contributed by atoms with E-state index in [9.17, 15) is 0 Å². The third kappa shape index (κ3) is 2.33. The molecule has 0 aliphatic carbocycles. The van der Waals surface area contributed by atoms with Gasteiger partial charge in [0.05, 0.1) is 7.11 Å². The highest BCUT2D eigenvalue weighted by molar-refractivity contribution is 6.17. The van der Waals surface area contributed by atoms with Crippen LogP contribution in [0.3, 0.4) is 0 Å². The van der Waals surface area contributed by atoms with Crippen LogP contribution in [0.15, 0.2) is 24.4 Å². The lowest BCUT2D eigenvalue weighted by atomic mass is 10.1. The van der Waals surface area contributed by atoms with E-state index in [0.29, 0.717) is 0 Å². The van der Waals surface area contributed by atoms with E-state index < -0.39 is 0 Å². The maximum Gasteiger partial charge on any atom is 0.119 e. The zero-order valence-corrected chi connectivity index (χ0v) is 10.2. The van der Waals surface area contributed by atoms with E-state index in [2.05, 4.69) is 23.3 Å². The van der Waals surface area contributed by atoms with Gasteiger partial charge in [0, 0.05) is 23.0 Å². The number of ether oxygens (including phenoxy) is 1. The van der Waals surface area contributed by atoms with Crippen LogP contribution in [0.4, 0.5) is 0 Å². The first-order valence-electron chi connectivity index (χ1n) is 5.55. The van der Waals surface area contributed by atoms with Crippen LogP contribution in [-0.2, 0) is 6.42 Å². The average Bonchev–Trinajstić information content (AvgIpc) is 2.72. The third-order valence-electron chi connectivity index (χ3n) is 2.80. The van der Waals surface area contributed by atoms with Crippen LogP contribution in [0.25, 0.3) is 10.9 Å². The Bertz CT molecular complexity index is 464. The minimum absolute atomic E-state index is 0.742. The Balaban J connectivity index is 2.24. The smallest absolute Gasteiger partial charge is 0.119 e. The number of rotatable bonds is 5. The van der Waals surface area contributed by atoms with Crippen molar-refractivity contribution in [3.63, 3.8) is 0 Å². The van der Waals surface area contributed by atoms with Crippen molar-refractivity contribution in [3.8, 4) is 5.75 Å². The number of H-pyrrole nitrogens is 1. The van der Waals surface area contributed by atoms with E-state index in [0.717, 1.165) is 30.9 Å². The van der Waals surface area contributed by atoms with Gasteiger partial charge in [-0.25, -0.2) is 0 Å². The lowest BCUT2D eigenvalue weighted by Crippen LogP contribution is -1.86. The summed E-state index contributed by atoms with van der Waals surface area (Å²) < 4.78 is 5.24. The lowest BCUT2D eigenvalue weighted by Gasteiger charge is -2.01. The molecule has 1 aromatic carbocycles. The van der Waals surface area contributed by atoms with Gasteiger partial charge in [0.25, 0.3) is 0 Å². The van der Waals surface area contributed by atoms with Crippen molar-refractivity contribution in [2.45, 2.75) is 19.3 Å². The normalized spacial score (nSPS) is 10.9. The summed E-state index contributed by atoms with van der Waals surface area (Å²) >= 11 is 5.68. The number of aromatic nitrogens is 1. The Labute approximate surface area is 101 Å². The molecule has 0 fully saturated rings. The number of unbranched alkanes of at least 4 members (excludes halogenated alkanes) is 1. The largest absolute Gasteiger partial charge is 0.497 e. The summed E-state index contributed by atoms with van der Waals surface area (Å²) in [4.78, 5) is 3.28. The van der Waals surface area contributed by atoms with Crippen molar-refractivity contribution in [1.82, 2.24) is 4.98 Å². The van der Waals surface area contributed by atoms with Crippen LogP contribution in [0.1, 0.15) is 18.4 Å². The minimum atomic E-state index is 0.742. The Morgan fingerprint density at radius 2 is 2.19 bits per heavy atom. The van der Waals surface area contributed by atoms with E-state index in [1.54, 1.807) is 7.11 Å². The van der Waals surface area contributed by atoms with E-state index in [-0.39, 0.29) is 0 Å². The van der Waals surface area contributed by atoms with Gasteiger partial charge in [-0.1, -0.05) is 0 Å². The van der Waals surface area contributed by atoms with Crippen LogP contribution in [0.2, 0.25) is 0 Å². The van der Waals surface area contributed by atoms with Gasteiger partial charge in [0.1, 0.15) is 5.75 Å². The number of alkyl halides is 1. The highest BCUT2D eigenvalue weighted by atomic mass is 35.5. The number of halogens is 1. The Morgan fingerprint density at radius 1 is 1.31 bits per heavy atom. The van der Waals surface area contributed by atoms with Gasteiger partial charge < -0.3 is 9.72 Å². The molecular formula is C13H16ClNO. The number of aryl methyl sites for hydroxylation is 1. The molecule has 0 bridgehead atoms. The van der Waals surface area contributed by atoms with Crippen molar-refractivity contribution in [2.75, 3.05) is 13.0 Å². The first kappa shape index (κ1) is 11.3. The summed E-state index contributed by atoms with van der Waals surface area (Å²) in [6.07, 6.45) is 5.35. The van der Waals surface area contributed by atoms with Gasteiger partial charge in [-0.15, -0.1) is 11.6 Å². The zero-order valence-electron chi connectivity index (χ0n) is 9.42. The summed E-state index contributed by atoms with van der Waals surface area (Å²) in [6.45, 7) is 0. The lowest BCUT2D eigenvalue weighted by molar-refractivity contribution is 0.415. The highest BCUT2D eigenvalue weighted by Gasteiger charge is 2.04. The quantitative estimate of drug-likeness (QED) is 0.622. The minimum Gasteiger partial charge on any atom is -0.497 e. The van der Waals surface area contributed by atoms with Gasteiger partial charge in [-0.05, 0) is 43.0 Å². The molecule has 2 rings (SSSR count). The van der Waals surface area contributed by atoms with Crippen molar-refractivity contribution in [2.24, 2.45) is 0 Å². The maximum atomic E-state index is 5.68. The Kier molecular flexibility index (Phi) is 3.73. The maximum absolute atomic E-state index is 5.68. The fourth-order valence-electron chi connectivity index (χ4n) is 1.90. The van der Waals surface area contributed by atoms with Gasteiger partial charge in [-0.3, -0.25) is 0 Å². The Hall–Kier alpha value is -1.15. The highest BCUT2D eigenvalue weighted by Crippen LogP contribution is 2.24. The summed E-state index contributed by atoms with van der Waals surface area (Å²) in [7, 11) is 1.70. The number of fused-ring (bicyclic) bond motifs is 1. The fourth-order valence-corrected chi connectivity index (χ4v) is 2.09. The molecule has 86 valence electrons. The predicted octanol–water partition coefficient (Wildman–Crippen LogP) is 3.74. The first-order valence-corrected chi connectivity index (χ1v) is 6.08. The molecule has 1 heterocycles. The predicted molar refractivity (Wildman–Crippen MR) is 68.5 cm³/mol. The third-order valence-corrected chi connectivity index (χ3v) is 3.07. The van der Waals surface area contributed by atoms with Crippen molar-refractivity contribution < 1.29 is 4.74 Å². The molecule has 0 amide bonds. The van der Waals surface area contributed by atoms with Gasteiger partial charge in [0.2, 0.25) is 0 Å². The molecule has 0 atom stereocenters. The van der Waals surface area contributed by atoms with Crippen LogP contribution in [0.5, 0.6) is 5.75 Å². The number of nitrogens with one attached hydrogen (secondary N) is 1. The second-order valence-electron chi connectivity index (χ2n) is 3.87. The molecule has 2 nitrogen and oxygen atoms in total. The number of aromatic amines is 1. The molecule has 1 N–H and O–H groups in total. The van der Waals surface area contributed by atoms with Crippen LogP contribution in [-0.4, -0.2) is 18.0 Å². The van der Waals surface area contributed by atoms with Gasteiger partial charge >= 0.3 is 0 Å². The second-order valence-corrected chi connectivity index (χ2v) is 4.25. The molecule has 0 spiro atoms. The number of hydrogen-bond acceptors (Lipinski definition) is 1. The van der Waals surface area contributed by atoms with E-state index >= 15 is 0 Å². The van der Waals surface area contributed by atoms with Gasteiger partial charge in [-0.2, -0.15) is 0 Å². The number of benzene rings is 1. The van der Waals surface area contributed by atoms with Crippen LogP contribution < -0.4 is 4.74 Å². The van der Waals surface area contributed by atoms with Crippen LogP contribution >= 0.6 is 11.6 Å². The molecule has 3 heteroatoms. The van der Waals surface area contributed by atoms with E-state index in [1.807, 2.05) is 6.07 Å². The molecule has 0 aliphatic heterocycles. The molecule has 0 radical (unpaired) electrons. The van der Waals surface area contributed by atoms with Crippen molar-refractivity contribution >= 4 is 22.5 Å². The van der Waals surface area contributed by atoms with E-state index in [4.69, 9.17) is 16.3 Å². The summed E-state index contributed by atoms with van der Waals surface area (Å²) in [5, 5.41) is 1.26. The van der Waals surface area contributed by atoms with Crippen LogP contribution in [0, 0.1) is 0 Å². The van der Waals surface area contributed by atoms with E-state index in [1.165, 1.54) is 16.5 Å². The Morgan fingerprint density at radius 3 is 2.94 bits per heavy atom. The summed E-state index contributed by atoms with van der Waals surface area (Å²) in [6, 6.07) is 6.11. The topological polar surface area (TPSA) is 25.0 Å². The molecule has 16 heavy (non-hydrogen) atoms. The zero-order chi connectivity index (χ0) is 11.4. The molecule has 1 aromatic heterocycles. The monoisotopic (exact) mass is 237 g/mol. The second kappa shape index (κ2) is 5.26. The number of hydrogen-bond donors (Lipinski definition) is 1. The summed E-state index contributed by atoms with van der Waals surface area (Å²) in [5.74, 6) is 1.65. The standard InChI is InChI=1S/C13H16ClNO/c1-16-11-5-6-13-12(8-11)10(9-15-13)4-2-3-7-14/h5-6,8-9,15H,2-4,7H2,1H3. The molecule has 0 aliphatic rings. The van der Waals surface area contributed by atoms with Gasteiger partial charge in [0.15, 0.2) is 0 Å². The summed E-state index contributed by atoms with van der Waals surface area (Å²) in [5.41, 5.74) is 2.51. The SMILES string of the molecule is COc1ccc2[nH]cc(CCCCCl)c2c1. The molecule has 2 aromatic rings. The molecule has 0 unspecified atom stereocenters. The number of methoxy groups -OCH3 is 1. The molecule has 0 saturated heterocycles.